The molecule has 0 radical (unpaired) electrons. The number of nitro benzene ring substituents is 1. The number of carboxylic acids is 1. The third-order valence-corrected chi connectivity index (χ3v) is 3.60. The first-order valence-electron chi connectivity index (χ1n) is 5.66. The highest BCUT2D eigenvalue weighted by Gasteiger charge is 2.18. The van der Waals surface area contributed by atoms with Crippen LogP contribution in [0.2, 0.25) is 0 Å². The molecule has 0 amide bonds. The second-order valence-corrected chi connectivity index (χ2v) is 4.95. The third kappa shape index (κ3) is 2.91. The lowest BCUT2D eigenvalue weighted by molar-refractivity contribution is -0.384. The Morgan fingerprint density at radius 2 is 2.30 bits per heavy atom. The Labute approximate surface area is 118 Å². The number of carbonyl (C=O) groups is 1. The van der Waals surface area contributed by atoms with Gasteiger partial charge in [-0.05, 0) is 13.0 Å². The molecule has 8 heteroatoms. The fraction of sp³-hybridized carbons (Fsp3) is 0.167. The molecule has 1 heterocycles. The van der Waals surface area contributed by atoms with Gasteiger partial charge in [0.1, 0.15) is 5.01 Å². The van der Waals surface area contributed by atoms with Crippen molar-refractivity contribution in [2.75, 3.05) is 5.32 Å². The van der Waals surface area contributed by atoms with Crippen molar-refractivity contribution in [3.05, 3.63) is 50.5 Å². The maximum absolute atomic E-state index is 11.2. The van der Waals surface area contributed by atoms with Crippen LogP contribution < -0.4 is 5.32 Å². The van der Waals surface area contributed by atoms with Gasteiger partial charge in [0.25, 0.3) is 5.69 Å². The Morgan fingerprint density at radius 3 is 2.85 bits per heavy atom. The number of nitrogens with one attached hydrogen (secondary N) is 1. The van der Waals surface area contributed by atoms with Crippen molar-refractivity contribution in [2.45, 2.75) is 13.0 Å². The topological polar surface area (TPSA) is 105 Å². The van der Waals surface area contributed by atoms with E-state index in [0.717, 1.165) is 11.1 Å². The fourth-order valence-electron chi connectivity index (χ4n) is 1.69. The molecule has 0 bridgehead atoms. The number of aromatic nitrogens is 1. The van der Waals surface area contributed by atoms with Gasteiger partial charge in [0, 0.05) is 29.4 Å². The summed E-state index contributed by atoms with van der Waals surface area (Å²) in [6.45, 7) is 1.84. The summed E-state index contributed by atoms with van der Waals surface area (Å²) in [6.07, 6.45) is 1.66. The van der Waals surface area contributed by atoms with Crippen LogP contribution in [0, 0.1) is 10.1 Å². The quantitative estimate of drug-likeness (QED) is 0.648. The molecule has 0 aliphatic carbocycles. The Morgan fingerprint density at radius 1 is 1.55 bits per heavy atom. The number of nitro groups is 1. The SMILES string of the molecule is CC(Nc1ccc([N+](=O)[O-])cc1C(=O)O)c1nccs1. The van der Waals surface area contributed by atoms with E-state index >= 15 is 0 Å². The monoisotopic (exact) mass is 293 g/mol. The van der Waals surface area contributed by atoms with Gasteiger partial charge in [0.2, 0.25) is 0 Å². The Hall–Kier alpha value is -2.48. The number of aromatic carboxylic acids is 1. The first-order valence-corrected chi connectivity index (χ1v) is 6.54. The van der Waals surface area contributed by atoms with Gasteiger partial charge in [-0.3, -0.25) is 10.1 Å². The zero-order valence-corrected chi connectivity index (χ0v) is 11.3. The van der Waals surface area contributed by atoms with E-state index in [-0.39, 0.29) is 17.3 Å². The minimum atomic E-state index is -1.22. The first kappa shape index (κ1) is 13.9. The lowest BCUT2D eigenvalue weighted by atomic mass is 10.1. The number of rotatable bonds is 5. The van der Waals surface area contributed by atoms with Crippen LogP contribution in [0.1, 0.15) is 28.3 Å². The third-order valence-electron chi connectivity index (χ3n) is 2.64. The highest BCUT2D eigenvalue weighted by Crippen LogP contribution is 2.26. The lowest BCUT2D eigenvalue weighted by Crippen LogP contribution is -2.10. The summed E-state index contributed by atoms with van der Waals surface area (Å²) in [5.41, 5.74) is -0.0664. The Kier molecular flexibility index (Phi) is 3.94. The van der Waals surface area contributed by atoms with Crippen LogP contribution >= 0.6 is 11.3 Å². The molecule has 2 rings (SSSR count). The zero-order valence-electron chi connectivity index (χ0n) is 10.4. The molecule has 2 N–H and O–H groups in total. The number of thiazole rings is 1. The molecule has 0 aliphatic rings. The van der Waals surface area contributed by atoms with Crippen LogP contribution in [0.15, 0.2) is 29.8 Å². The number of carboxylic acid groups (broad SMARTS) is 1. The van der Waals surface area contributed by atoms with Crippen LogP contribution in [-0.4, -0.2) is 21.0 Å². The van der Waals surface area contributed by atoms with E-state index in [0.29, 0.717) is 5.69 Å². The van der Waals surface area contributed by atoms with E-state index in [9.17, 15) is 14.9 Å². The van der Waals surface area contributed by atoms with Crippen molar-refractivity contribution in [3.63, 3.8) is 0 Å². The summed E-state index contributed by atoms with van der Waals surface area (Å²) in [6, 6.07) is 3.52. The number of anilines is 1. The maximum atomic E-state index is 11.2. The maximum Gasteiger partial charge on any atom is 0.338 e. The molecule has 1 atom stereocenters. The van der Waals surface area contributed by atoms with E-state index in [1.165, 1.54) is 23.5 Å². The largest absolute Gasteiger partial charge is 0.478 e. The normalized spacial score (nSPS) is 11.8. The zero-order chi connectivity index (χ0) is 14.7. The van der Waals surface area contributed by atoms with E-state index in [4.69, 9.17) is 5.11 Å². The minimum absolute atomic E-state index is 0.136. The number of benzene rings is 1. The van der Waals surface area contributed by atoms with Crippen LogP contribution in [0.5, 0.6) is 0 Å². The average Bonchev–Trinajstić information content (AvgIpc) is 2.92. The molecule has 104 valence electrons. The molecular weight excluding hydrogens is 282 g/mol. The highest BCUT2D eigenvalue weighted by atomic mass is 32.1. The minimum Gasteiger partial charge on any atom is -0.478 e. The van der Waals surface area contributed by atoms with Crippen molar-refractivity contribution in [2.24, 2.45) is 0 Å². The molecule has 20 heavy (non-hydrogen) atoms. The average molecular weight is 293 g/mol. The van der Waals surface area contributed by atoms with E-state index in [1.54, 1.807) is 6.20 Å². The fourth-order valence-corrected chi connectivity index (χ4v) is 2.34. The number of hydrogen-bond donors (Lipinski definition) is 2. The molecule has 1 unspecified atom stereocenters. The Balaban J connectivity index is 2.31. The van der Waals surface area contributed by atoms with Crippen LogP contribution in [0.4, 0.5) is 11.4 Å². The number of hydrogen-bond acceptors (Lipinski definition) is 6. The van der Waals surface area contributed by atoms with Crippen LogP contribution in [0.3, 0.4) is 0 Å². The second kappa shape index (κ2) is 5.66. The first-order chi connectivity index (χ1) is 9.49. The van der Waals surface area contributed by atoms with Gasteiger partial charge in [-0.2, -0.15) is 0 Å². The molecule has 2 aromatic rings. The molecule has 0 saturated heterocycles. The van der Waals surface area contributed by atoms with Gasteiger partial charge in [-0.1, -0.05) is 0 Å². The van der Waals surface area contributed by atoms with E-state index < -0.39 is 10.9 Å². The lowest BCUT2D eigenvalue weighted by Gasteiger charge is -2.14. The summed E-state index contributed by atoms with van der Waals surface area (Å²) in [7, 11) is 0. The second-order valence-electron chi connectivity index (χ2n) is 4.03. The van der Waals surface area contributed by atoms with Gasteiger partial charge >= 0.3 is 5.97 Å². The molecule has 0 spiro atoms. The van der Waals surface area contributed by atoms with Crippen LogP contribution in [0.25, 0.3) is 0 Å². The molecule has 1 aromatic heterocycles. The summed E-state index contributed by atoms with van der Waals surface area (Å²) >= 11 is 1.44. The van der Waals surface area contributed by atoms with Crippen molar-refractivity contribution in [1.29, 1.82) is 0 Å². The number of nitrogens with zero attached hydrogens (tertiary/aromatic N) is 2. The summed E-state index contributed by atoms with van der Waals surface area (Å²) in [5, 5.41) is 25.5. The van der Waals surface area contributed by atoms with Gasteiger partial charge in [0.05, 0.1) is 16.5 Å². The van der Waals surface area contributed by atoms with E-state index in [1.807, 2.05) is 12.3 Å². The van der Waals surface area contributed by atoms with Crippen molar-refractivity contribution in [3.8, 4) is 0 Å². The summed E-state index contributed by atoms with van der Waals surface area (Å²) < 4.78 is 0. The predicted octanol–water partition coefficient (Wildman–Crippen LogP) is 2.92. The van der Waals surface area contributed by atoms with E-state index in [2.05, 4.69) is 10.3 Å². The molecular formula is C12H11N3O4S. The molecule has 0 fully saturated rings. The number of non-ortho nitro benzene ring substituents is 1. The molecule has 0 aliphatic heterocycles. The predicted molar refractivity (Wildman–Crippen MR) is 74.2 cm³/mol. The molecule has 7 nitrogen and oxygen atoms in total. The van der Waals surface area contributed by atoms with Gasteiger partial charge < -0.3 is 10.4 Å². The van der Waals surface area contributed by atoms with Crippen molar-refractivity contribution >= 4 is 28.7 Å². The van der Waals surface area contributed by atoms with Crippen LogP contribution in [-0.2, 0) is 0 Å². The smallest absolute Gasteiger partial charge is 0.338 e. The highest BCUT2D eigenvalue weighted by molar-refractivity contribution is 7.09. The van der Waals surface area contributed by atoms with Gasteiger partial charge in [-0.15, -0.1) is 11.3 Å². The Bertz CT molecular complexity index is 642. The molecule has 0 saturated carbocycles. The summed E-state index contributed by atoms with van der Waals surface area (Å²) in [4.78, 5) is 25.4. The van der Waals surface area contributed by atoms with Gasteiger partial charge in [-0.25, -0.2) is 9.78 Å². The van der Waals surface area contributed by atoms with Crippen molar-refractivity contribution < 1.29 is 14.8 Å². The molecule has 1 aromatic carbocycles. The van der Waals surface area contributed by atoms with Gasteiger partial charge in [0.15, 0.2) is 0 Å². The summed E-state index contributed by atoms with van der Waals surface area (Å²) in [5.74, 6) is -1.22. The van der Waals surface area contributed by atoms with Crippen molar-refractivity contribution in [1.82, 2.24) is 4.98 Å². The standard InChI is InChI=1S/C12H11N3O4S/c1-7(11-13-4-5-20-11)14-10-3-2-8(15(18)19)6-9(10)12(16)17/h2-7,14H,1H3,(H,16,17).